The Morgan fingerprint density at radius 3 is 3.00 bits per heavy atom. The third kappa shape index (κ3) is 2.56. The van der Waals surface area contributed by atoms with Gasteiger partial charge in [0.1, 0.15) is 0 Å². The number of aromatic amines is 1. The predicted molar refractivity (Wildman–Crippen MR) is 70.5 cm³/mol. The van der Waals surface area contributed by atoms with Crippen LogP contribution in [-0.4, -0.2) is 40.6 Å². The number of aromatic nitrogens is 2. The Morgan fingerprint density at radius 1 is 1.44 bits per heavy atom. The highest BCUT2D eigenvalue weighted by Gasteiger charge is 2.24. The average molecular weight is 250 g/mol. The lowest BCUT2D eigenvalue weighted by Crippen LogP contribution is -2.33. The van der Waals surface area contributed by atoms with E-state index in [1.807, 2.05) is 11.8 Å². The predicted octanol–water partition coefficient (Wildman–Crippen LogP) is 1.32. The van der Waals surface area contributed by atoms with E-state index in [-0.39, 0.29) is 5.91 Å². The number of unbranched alkanes of at least 4 members (excludes halogenated alkanes) is 1. The van der Waals surface area contributed by atoms with Gasteiger partial charge in [0, 0.05) is 43.9 Å². The Balaban J connectivity index is 2.14. The van der Waals surface area contributed by atoms with Crippen molar-refractivity contribution >= 4 is 5.91 Å². The second kappa shape index (κ2) is 6.00. The van der Waals surface area contributed by atoms with Crippen LogP contribution in [0, 0.1) is 0 Å². The van der Waals surface area contributed by atoms with Crippen molar-refractivity contribution in [1.29, 1.82) is 0 Å². The molecule has 2 heterocycles. The van der Waals surface area contributed by atoms with E-state index >= 15 is 0 Å². The van der Waals surface area contributed by atoms with Gasteiger partial charge >= 0.3 is 0 Å². The van der Waals surface area contributed by atoms with Crippen LogP contribution in [0.15, 0.2) is 0 Å². The van der Waals surface area contributed by atoms with E-state index in [1.165, 1.54) is 0 Å². The topological polar surface area (TPSA) is 61.0 Å². The van der Waals surface area contributed by atoms with Crippen molar-refractivity contribution in [3.8, 4) is 0 Å². The number of rotatable bonds is 5. The van der Waals surface area contributed by atoms with Gasteiger partial charge in [0.15, 0.2) is 5.69 Å². The van der Waals surface area contributed by atoms with Crippen LogP contribution in [0.3, 0.4) is 0 Å². The summed E-state index contributed by atoms with van der Waals surface area (Å²) in [4.78, 5) is 14.3. The fraction of sp³-hybridized carbons (Fsp3) is 0.692. The SMILES string of the molecule is CCCCN(CC)C(=O)c1n[nH]c2c1CNCC2. The lowest BCUT2D eigenvalue weighted by atomic mass is 10.1. The normalized spacial score (nSPS) is 14.3. The van der Waals surface area contributed by atoms with Gasteiger partial charge in [-0.2, -0.15) is 5.10 Å². The first-order valence-corrected chi connectivity index (χ1v) is 6.84. The molecule has 0 saturated heterocycles. The minimum absolute atomic E-state index is 0.0622. The number of carbonyl (C=O) groups excluding carboxylic acids is 1. The molecular formula is C13H22N4O. The summed E-state index contributed by atoms with van der Waals surface area (Å²) in [7, 11) is 0. The van der Waals surface area contributed by atoms with E-state index in [9.17, 15) is 4.79 Å². The first-order valence-electron chi connectivity index (χ1n) is 6.84. The summed E-state index contributed by atoms with van der Waals surface area (Å²) in [5.41, 5.74) is 2.78. The molecular weight excluding hydrogens is 228 g/mol. The fourth-order valence-electron chi connectivity index (χ4n) is 2.30. The van der Waals surface area contributed by atoms with Crippen molar-refractivity contribution < 1.29 is 4.79 Å². The van der Waals surface area contributed by atoms with E-state index in [0.717, 1.165) is 56.7 Å². The largest absolute Gasteiger partial charge is 0.338 e. The molecule has 1 aromatic heterocycles. The van der Waals surface area contributed by atoms with Crippen molar-refractivity contribution in [1.82, 2.24) is 20.4 Å². The van der Waals surface area contributed by atoms with Crippen LogP contribution >= 0.6 is 0 Å². The molecule has 2 N–H and O–H groups in total. The number of hydrogen-bond donors (Lipinski definition) is 2. The van der Waals surface area contributed by atoms with Crippen LogP contribution < -0.4 is 5.32 Å². The summed E-state index contributed by atoms with van der Waals surface area (Å²) in [6.45, 7) is 7.42. The number of nitrogens with one attached hydrogen (secondary N) is 2. The number of fused-ring (bicyclic) bond motifs is 1. The van der Waals surface area contributed by atoms with Crippen LogP contribution in [0.5, 0.6) is 0 Å². The summed E-state index contributed by atoms with van der Waals surface area (Å²) in [6.07, 6.45) is 3.07. The Kier molecular flexibility index (Phi) is 4.36. The molecule has 0 radical (unpaired) electrons. The Bertz CT molecular complexity index is 413. The van der Waals surface area contributed by atoms with Crippen LogP contribution in [0.1, 0.15) is 48.4 Å². The Morgan fingerprint density at radius 2 is 2.28 bits per heavy atom. The molecule has 0 spiro atoms. The summed E-state index contributed by atoms with van der Waals surface area (Å²) >= 11 is 0. The quantitative estimate of drug-likeness (QED) is 0.828. The monoisotopic (exact) mass is 250 g/mol. The number of carbonyl (C=O) groups is 1. The first kappa shape index (κ1) is 13.1. The fourth-order valence-corrected chi connectivity index (χ4v) is 2.30. The zero-order valence-electron chi connectivity index (χ0n) is 11.3. The lowest BCUT2D eigenvalue weighted by molar-refractivity contribution is 0.0755. The van der Waals surface area contributed by atoms with Crippen molar-refractivity contribution in [2.45, 2.75) is 39.7 Å². The minimum atomic E-state index is 0.0622. The third-order valence-corrected chi connectivity index (χ3v) is 3.46. The van der Waals surface area contributed by atoms with Gasteiger partial charge in [-0.3, -0.25) is 9.89 Å². The van der Waals surface area contributed by atoms with Gasteiger partial charge in [-0.1, -0.05) is 13.3 Å². The maximum atomic E-state index is 12.4. The number of amides is 1. The van der Waals surface area contributed by atoms with Crippen molar-refractivity contribution in [2.24, 2.45) is 0 Å². The molecule has 18 heavy (non-hydrogen) atoms. The van der Waals surface area contributed by atoms with Gasteiger partial charge in [-0.25, -0.2) is 0 Å². The van der Waals surface area contributed by atoms with E-state index in [4.69, 9.17) is 0 Å². The van der Waals surface area contributed by atoms with Crippen molar-refractivity contribution in [3.05, 3.63) is 17.0 Å². The van der Waals surface area contributed by atoms with Crippen molar-refractivity contribution in [2.75, 3.05) is 19.6 Å². The molecule has 0 bridgehead atoms. The maximum absolute atomic E-state index is 12.4. The summed E-state index contributed by atoms with van der Waals surface area (Å²) in [5.74, 6) is 0.0622. The zero-order valence-corrected chi connectivity index (χ0v) is 11.3. The number of nitrogens with zero attached hydrogens (tertiary/aromatic N) is 2. The molecule has 0 atom stereocenters. The highest BCUT2D eigenvalue weighted by Crippen LogP contribution is 2.17. The van der Waals surface area contributed by atoms with E-state index in [2.05, 4.69) is 22.4 Å². The Labute approximate surface area is 108 Å². The highest BCUT2D eigenvalue weighted by atomic mass is 16.2. The zero-order chi connectivity index (χ0) is 13.0. The molecule has 0 saturated carbocycles. The minimum Gasteiger partial charge on any atom is -0.338 e. The summed E-state index contributed by atoms with van der Waals surface area (Å²) in [6, 6.07) is 0. The van der Waals surface area contributed by atoms with Gasteiger partial charge in [0.25, 0.3) is 5.91 Å². The van der Waals surface area contributed by atoms with E-state index in [1.54, 1.807) is 0 Å². The smallest absolute Gasteiger partial charge is 0.274 e. The number of H-pyrrole nitrogens is 1. The molecule has 0 aromatic carbocycles. The Hall–Kier alpha value is -1.36. The van der Waals surface area contributed by atoms with E-state index in [0.29, 0.717) is 5.69 Å². The van der Waals surface area contributed by atoms with Crippen LogP contribution in [0.2, 0.25) is 0 Å². The van der Waals surface area contributed by atoms with Gasteiger partial charge in [0.2, 0.25) is 0 Å². The molecule has 5 heteroatoms. The molecule has 1 aromatic rings. The molecule has 100 valence electrons. The van der Waals surface area contributed by atoms with Crippen molar-refractivity contribution in [3.63, 3.8) is 0 Å². The molecule has 1 aliphatic rings. The molecule has 1 amide bonds. The van der Waals surface area contributed by atoms with Crippen LogP contribution in [-0.2, 0) is 13.0 Å². The highest BCUT2D eigenvalue weighted by molar-refractivity contribution is 5.94. The standard InChI is InChI=1S/C13H22N4O/c1-3-5-8-17(4-2)13(18)12-10-9-14-7-6-11(10)15-16-12/h14H,3-9H2,1-2H3,(H,15,16). The molecule has 2 rings (SSSR count). The lowest BCUT2D eigenvalue weighted by Gasteiger charge is -2.21. The summed E-state index contributed by atoms with van der Waals surface area (Å²) in [5, 5.41) is 10.5. The second-order valence-electron chi connectivity index (χ2n) is 4.69. The maximum Gasteiger partial charge on any atom is 0.274 e. The summed E-state index contributed by atoms with van der Waals surface area (Å²) < 4.78 is 0. The van der Waals surface area contributed by atoms with Gasteiger partial charge in [-0.15, -0.1) is 0 Å². The molecule has 0 fully saturated rings. The van der Waals surface area contributed by atoms with Gasteiger partial charge < -0.3 is 10.2 Å². The van der Waals surface area contributed by atoms with Crippen LogP contribution in [0.4, 0.5) is 0 Å². The average Bonchev–Trinajstić information content (AvgIpc) is 2.83. The second-order valence-corrected chi connectivity index (χ2v) is 4.69. The van der Waals surface area contributed by atoms with Gasteiger partial charge in [-0.05, 0) is 13.3 Å². The van der Waals surface area contributed by atoms with Crippen LogP contribution in [0.25, 0.3) is 0 Å². The number of hydrogen-bond acceptors (Lipinski definition) is 3. The molecule has 1 aliphatic heterocycles. The molecule has 5 nitrogen and oxygen atoms in total. The third-order valence-electron chi connectivity index (χ3n) is 3.46. The first-order chi connectivity index (χ1) is 8.77. The van der Waals surface area contributed by atoms with Gasteiger partial charge in [0.05, 0.1) is 0 Å². The van der Waals surface area contributed by atoms with E-state index < -0.39 is 0 Å². The molecule has 0 unspecified atom stereocenters. The molecule has 0 aliphatic carbocycles.